The molecule has 2 rings (SSSR count). The predicted molar refractivity (Wildman–Crippen MR) is 102 cm³/mol. The van der Waals surface area contributed by atoms with Crippen LogP contribution in [0.2, 0.25) is 0 Å². The summed E-state index contributed by atoms with van der Waals surface area (Å²) in [5, 5.41) is 12.4. The van der Waals surface area contributed by atoms with E-state index in [4.69, 9.17) is 0 Å². The van der Waals surface area contributed by atoms with E-state index in [-0.39, 0.29) is 17.5 Å². The highest BCUT2D eigenvalue weighted by Crippen LogP contribution is 2.27. The van der Waals surface area contributed by atoms with E-state index in [0.29, 0.717) is 5.92 Å². The van der Waals surface area contributed by atoms with Crippen LogP contribution in [0.3, 0.4) is 0 Å². The molecule has 1 N–H and O–H groups in total. The fourth-order valence-corrected chi connectivity index (χ4v) is 3.82. The van der Waals surface area contributed by atoms with E-state index in [1.807, 2.05) is 43.3 Å². The Morgan fingerprint density at radius 3 is 2.67 bits per heavy atom. The second-order valence-electron chi connectivity index (χ2n) is 6.62. The number of benzene rings is 1. The van der Waals surface area contributed by atoms with Crippen LogP contribution in [0.1, 0.15) is 38.2 Å². The van der Waals surface area contributed by atoms with Crippen LogP contribution in [0.4, 0.5) is 5.69 Å². The van der Waals surface area contributed by atoms with E-state index in [1.54, 1.807) is 6.08 Å². The third kappa shape index (κ3) is 4.61. The standard InChI is InChI=1S/C19H24BrN3O/c1-13-6-4-5-7-17(13)22-19(24)15(12-21)10-14-8-9-18(23(2)3)16(20)11-14/h8-11,13,17H,4-7H2,1-3H3,(H,22,24)/b15-10+/t13-,17+/m1/s1. The fourth-order valence-electron chi connectivity index (χ4n) is 3.07. The van der Waals surface area contributed by atoms with Gasteiger partial charge in [-0.2, -0.15) is 5.26 Å². The van der Waals surface area contributed by atoms with E-state index in [2.05, 4.69) is 28.2 Å². The molecule has 1 saturated carbocycles. The molecule has 0 saturated heterocycles. The highest BCUT2D eigenvalue weighted by molar-refractivity contribution is 9.10. The maximum Gasteiger partial charge on any atom is 0.262 e. The largest absolute Gasteiger partial charge is 0.377 e. The molecule has 1 aromatic carbocycles. The number of nitrogens with one attached hydrogen (secondary N) is 1. The van der Waals surface area contributed by atoms with Crippen LogP contribution >= 0.6 is 15.9 Å². The Hall–Kier alpha value is -1.80. The molecule has 0 bridgehead atoms. The van der Waals surface area contributed by atoms with Crippen molar-refractivity contribution < 1.29 is 4.79 Å². The lowest BCUT2D eigenvalue weighted by Crippen LogP contribution is -2.41. The molecule has 0 spiro atoms. The van der Waals surface area contributed by atoms with Crippen LogP contribution in [-0.2, 0) is 4.79 Å². The number of hydrogen-bond acceptors (Lipinski definition) is 3. The Morgan fingerprint density at radius 2 is 2.08 bits per heavy atom. The normalized spacial score (nSPS) is 21.0. The highest BCUT2D eigenvalue weighted by atomic mass is 79.9. The number of amides is 1. The minimum Gasteiger partial charge on any atom is -0.377 e. The monoisotopic (exact) mass is 389 g/mol. The van der Waals surface area contributed by atoms with Crippen molar-refractivity contribution in [3.63, 3.8) is 0 Å². The predicted octanol–water partition coefficient (Wildman–Crippen LogP) is 4.12. The van der Waals surface area contributed by atoms with Crippen LogP contribution in [0.5, 0.6) is 0 Å². The average molecular weight is 390 g/mol. The van der Waals surface area contributed by atoms with Crippen molar-refractivity contribution in [3.05, 3.63) is 33.8 Å². The number of anilines is 1. The first-order valence-corrected chi connectivity index (χ1v) is 9.11. The van der Waals surface area contributed by atoms with Crippen molar-refractivity contribution in [2.24, 2.45) is 5.92 Å². The number of carbonyl (C=O) groups is 1. The summed E-state index contributed by atoms with van der Waals surface area (Å²) in [6, 6.07) is 8.00. The molecule has 2 atom stereocenters. The first-order chi connectivity index (χ1) is 11.4. The number of rotatable bonds is 4. The molecule has 1 aliphatic rings. The van der Waals surface area contributed by atoms with Crippen LogP contribution < -0.4 is 10.2 Å². The zero-order chi connectivity index (χ0) is 17.7. The van der Waals surface area contributed by atoms with Gasteiger partial charge in [0.15, 0.2) is 0 Å². The van der Waals surface area contributed by atoms with Crippen molar-refractivity contribution in [3.8, 4) is 6.07 Å². The maximum atomic E-state index is 12.4. The molecule has 0 heterocycles. The van der Waals surface area contributed by atoms with Gasteiger partial charge in [0.05, 0.1) is 5.69 Å². The highest BCUT2D eigenvalue weighted by Gasteiger charge is 2.24. The Bertz CT molecular complexity index is 676. The molecule has 1 aliphatic carbocycles. The smallest absolute Gasteiger partial charge is 0.262 e. The van der Waals surface area contributed by atoms with Gasteiger partial charge in [0.25, 0.3) is 5.91 Å². The van der Waals surface area contributed by atoms with Gasteiger partial charge in [-0.1, -0.05) is 25.8 Å². The lowest BCUT2D eigenvalue weighted by Gasteiger charge is -2.29. The minimum absolute atomic E-state index is 0.150. The second kappa shape index (κ2) is 8.34. The summed E-state index contributed by atoms with van der Waals surface area (Å²) in [5.41, 5.74) is 2.03. The van der Waals surface area contributed by atoms with E-state index in [0.717, 1.165) is 35.0 Å². The topological polar surface area (TPSA) is 56.1 Å². The van der Waals surface area contributed by atoms with E-state index < -0.39 is 0 Å². The zero-order valence-electron chi connectivity index (χ0n) is 14.5. The van der Waals surface area contributed by atoms with Crippen LogP contribution in [0.25, 0.3) is 6.08 Å². The molecular formula is C19H24BrN3O. The summed E-state index contributed by atoms with van der Waals surface area (Å²) in [7, 11) is 3.93. The molecule has 4 nitrogen and oxygen atoms in total. The third-order valence-electron chi connectivity index (χ3n) is 4.56. The Kier molecular flexibility index (Phi) is 6.44. The SMILES string of the molecule is C[C@@H]1CCCC[C@@H]1NC(=O)/C(C#N)=C/c1ccc(N(C)C)c(Br)c1. The van der Waals surface area contributed by atoms with Gasteiger partial charge >= 0.3 is 0 Å². The number of hydrogen-bond donors (Lipinski definition) is 1. The first-order valence-electron chi connectivity index (χ1n) is 8.32. The third-order valence-corrected chi connectivity index (χ3v) is 5.19. The van der Waals surface area contributed by atoms with Crippen LogP contribution in [0.15, 0.2) is 28.2 Å². The molecule has 0 aliphatic heterocycles. The van der Waals surface area contributed by atoms with Gasteiger partial charge in [-0.05, 0) is 58.5 Å². The molecule has 0 unspecified atom stereocenters. The summed E-state index contributed by atoms with van der Waals surface area (Å²) >= 11 is 3.53. The summed E-state index contributed by atoms with van der Waals surface area (Å²) in [6.45, 7) is 2.16. The average Bonchev–Trinajstić information content (AvgIpc) is 2.54. The number of carbonyl (C=O) groups excluding carboxylic acids is 1. The number of nitrogens with zero attached hydrogens (tertiary/aromatic N) is 2. The molecule has 0 radical (unpaired) electrons. The molecule has 1 aromatic rings. The van der Waals surface area contributed by atoms with E-state index in [1.165, 1.54) is 6.42 Å². The first kappa shape index (κ1) is 18.5. The molecule has 24 heavy (non-hydrogen) atoms. The van der Waals surface area contributed by atoms with Gasteiger partial charge in [-0.15, -0.1) is 0 Å². The van der Waals surface area contributed by atoms with Crippen molar-refractivity contribution >= 4 is 33.6 Å². The van der Waals surface area contributed by atoms with Gasteiger partial charge in [0.1, 0.15) is 11.6 Å². The van der Waals surface area contributed by atoms with E-state index >= 15 is 0 Å². The zero-order valence-corrected chi connectivity index (χ0v) is 16.1. The van der Waals surface area contributed by atoms with Crippen molar-refractivity contribution in [1.29, 1.82) is 5.26 Å². The quantitative estimate of drug-likeness (QED) is 0.622. The Morgan fingerprint density at radius 1 is 1.38 bits per heavy atom. The summed E-state index contributed by atoms with van der Waals surface area (Å²) in [4.78, 5) is 14.4. The molecular weight excluding hydrogens is 366 g/mol. The lowest BCUT2D eigenvalue weighted by molar-refractivity contribution is -0.118. The molecule has 1 amide bonds. The Balaban J connectivity index is 2.15. The lowest BCUT2D eigenvalue weighted by atomic mass is 9.86. The van der Waals surface area contributed by atoms with Gasteiger partial charge < -0.3 is 10.2 Å². The van der Waals surface area contributed by atoms with Crippen LogP contribution in [0, 0.1) is 17.2 Å². The van der Waals surface area contributed by atoms with Crippen molar-refractivity contribution in [2.45, 2.75) is 38.6 Å². The number of nitriles is 1. The van der Waals surface area contributed by atoms with Gasteiger partial charge in [-0.3, -0.25) is 4.79 Å². The maximum absolute atomic E-state index is 12.4. The van der Waals surface area contributed by atoms with Gasteiger partial charge in [0.2, 0.25) is 0 Å². The molecule has 128 valence electrons. The Labute approximate surface area is 152 Å². The number of halogens is 1. The van der Waals surface area contributed by atoms with Crippen molar-refractivity contribution in [1.82, 2.24) is 5.32 Å². The van der Waals surface area contributed by atoms with E-state index in [9.17, 15) is 10.1 Å². The minimum atomic E-state index is -0.274. The van der Waals surface area contributed by atoms with Crippen LogP contribution in [-0.4, -0.2) is 26.0 Å². The van der Waals surface area contributed by atoms with Gasteiger partial charge in [0, 0.05) is 24.6 Å². The summed E-state index contributed by atoms with van der Waals surface area (Å²) < 4.78 is 0.930. The van der Waals surface area contributed by atoms with Crippen molar-refractivity contribution in [2.75, 3.05) is 19.0 Å². The fraction of sp³-hybridized carbons (Fsp3) is 0.474. The van der Waals surface area contributed by atoms with Gasteiger partial charge in [-0.25, -0.2) is 0 Å². The molecule has 1 fully saturated rings. The second-order valence-corrected chi connectivity index (χ2v) is 7.47. The molecule has 5 heteroatoms. The summed E-state index contributed by atoms with van der Waals surface area (Å²) in [6.07, 6.45) is 6.14. The molecule has 0 aromatic heterocycles. The summed E-state index contributed by atoms with van der Waals surface area (Å²) in [5.74, 6) is 0.195.